The van der Waals surface area contributed by atoms with E-state index in [1.165, 1.54) is 11.3 Å². The summed E-state index contributed by atoms with van der Waals surface area (Å²) in [5, 5.41) is 12.1. The zero-order chi connectivity index (χ0) is 14.9. The van der Waals surface area contributed by atoms with Crippen LogP contribution < -0.4 is 5.32 Å². The van der Waals surface area contributed by atoms with Crippen molar-refractivity contribution in [3.63, 3.8) is 0 Å². The smallest absolute Gasteiger partial charge is 0.338 e. The van der Waals surface area contributed by atoms with Crippen molar-refractivity contribution in [2.45, 2.75) is 13.8 Å². The fourth-order valence-electron chi connectivity index (χ4n) is 1.81. The minimum Gasteiger partial charge on any atom is -0.478 e. The van der Waals surface area contributed by atoms with Crippen LogP contribution in [0.25, 0.3) is 0 Å². The number of hydrogen-bond acceptors (Lipinski definition) is 3. The molecule has 0 aliphatic heterocycles. The number of thiophene rings is 1. The number of hydrogen-bond donors (Lipinski definition) is 2. The van der Waals surface area contributed by atoms with Gasteiger partial charge in [-0.25, -0.2) is 4.79 Å². The molecular weight excluding hydrogens is 342 g/mol. The number of anilines is 1. The maximum absolute atomic E-state index is 12.2. The summed E-state index contributed by atoms with van der Waals surface area (Å²) < 4.78 is 0.809. The first-order valence-electron chi connectivity index (χ1n) is 5.79. The van der Waals surface area contributed by atoms with E-state index in [1.54, 1.807) is 25.1 Å². The van der Waals surface area contributed by atoms with Crippen LogP contribution in [0.3, 0.4) is 0 Å². The van der Waals surface area contributed by atoms with Crippen LogP contribution >= 0.6 is 27.3 Å². The summed E-state index contributed by atoms with van der Waals surface area (Å²) in [5.41, 5.74) is 1.55. The number of benzene rings is 1. The number of nitrogens with one attached hydrogen (secondary N) is 1. The van der Waals surface area contributed by atoms with E-state index in [1.807, 2.05) is 13.0 Å². The Kier molecular flexibility index (Phi) is 4.25. The summed E-state index contributed by atoms with van der Waals surface area (Å²) in [6, 6.07) is 6.90. The van der Waals surface area contributed by atoms with Gasteiger partial charge in [0.05, 0.1) is 5.56 Å². The fraction of sp³-hybridized carbons (Fsp3) is 0.143. The highest BCUT2D eigenvalue weighted by molar-refractivity contribution is 9.10. The maximum Gasteiger partial charge on any atom is 0.338 e. The van der Waals surface area contributed by atoms with Gasteiger partial charge in [0, 0.05) is 14.9 Å². The second kappa shape index (κ2) is 5.76. The van der Waals surface area contributed by atoms with Crippen LogP contribution in [-0.2, 0) is 0 Å². The molecule has 0 aliphatic rings. The first-order valence-corrected chi connectivity index (χ1v) is 7.40. The third-order valence-electron chi connectivity index (χ3n) is 2.62. The summed E-state index contributed by atoms with van der Waals surface area (Å²) in [6.45, 7) is 3.69. The summed E-state index contributed by atoms with van der Waals surface area (Å²) in [6.07, 6.45) is 0. The quantitative estimate of drug-likeness (QED) is 0.873. The first kappa shape index (κ1) is 14.7. The van der Waals surface area contributed by atoms with Crippen LogP contribution in [0.15, 0.2) is 28.7 Å². The maximum atomic E-state index is 12.2. The molecule has 2 N–H and O–H groups in total. The highest BCUT2D eigenvalue weighted by Gasteiger charge is 2.17. The third-order valence-corrected chi connectivity index (χ3v) is 4.04. The Morgan fingerprint density at radius 1 is 1.20 bits per heavy atom. The lowest BCUT2D eigenvalue weighted by Crippen LogP contribution is -2.13. The van der Waals surface area contributed by atoms with Gasteiger partial charge in [-0.05, 0) is 43.7 Å². The molecule has 0 spiro atoms. The largest absolute Gasteiger partial charge is 0.478 e. The number of carboxylic acids is 1. The second-order valence-corrected chi connectivity index (χ2v) is 6.55. The minimum absolute atomic E-state index is 0.118. The van der Waals surface area contributed by atoms with Crippen LogP contribution in [0.5, 0.6) is 0 Å². The molecule has 0 aliphatic carbocycles. The molecule has 20 heavy (non-hydrogen) atoms. The number of halogens is 1. The monoisotopic (exact) mass is 353 g/mol. The summed E-state index contributed by atoms with van der Waals surface area (Å²) in [5.74, 6) is -1.37. The summed E-state index contributed by atoms with van der Waals surface area (Å²) >= 11 is 4.59. The predicted octanol–water partition coefficient (Wildman–Crippen LogP) is 4.08. The van der Waals surface area contributed by atoms with Gasteiger partial charge in [0.15, 0.2) is 0 Å². The Balaban J connectivity index is 2.30. The Morgan fingerprint density at radius 2 is 1.90 bits per heavy atom. The second-order valence-electron chi connectivity index (χ2n) is 4.38. The first-order chi connectivity index (χ1) is 9.36. The van der Waals surface area contributed by atoms with Gasteiger partial charge < -0.3 is 10.4 Å². The van der Waals surface area contributed by atoms with Crippen LogP contribution in [0.4, 0.5) is 5.00 Å². The molecule has 0 unspecified atom stereocenters. The van der Waals surface area contributed by atoms with Gasteiger partial charge >= 0.3 is 5.97 Å². The number of carbonyl (C=O) groups is 2. The van der Waals surface area contributed by atoms with Crippen molar-refractivity contribution in [2.24, 2.45) is 0 Å². The van der Waals surface area contributed by atoms with Crippen molar-refractivity contribution in [1.29, 1.82) is 0 Å². The molecule has 1 amide bonds. The van der Waals surface area contributed by atoms with Crippen molar-refractivity contribution in [1.82, 2.24) is 0 Å². The molecule has 0 atom stereocenters. The Morgan fingerprint density at radius 3 is 2.50 bits per heavy atom. The molecule has 0 radical (unpaired) electrons. The van der Waals surface area contributed by atoms with E-state index < -0.39 is 5.97 Å². The molecule has 0 saturated heterocycles. The number of amides is 1. The van der Waals surface area contributed by atoms with Crippen molar-refractivity contribution in [2.75, 3.05) is 5.32 Å². The molecule has 6 heteroatoms. The minimum atomic E-state index is -1.05. The standard InChI is InChI=1S/C14H12BrNO3S/c1-7-3-9(6-10(15)4-7)12(17)16-13-11(14(18)19)5-8(2)20-13/h3-6H,1-2H3,(H,16,17)(H,18,19). The lowest BCUT2D eigenvalue weighted by molar-refractivity contribution is 0.0698. The molecule has 1 heterocycles. The fourth-order valence-corrected chi connectivity index (χ4v) is 3.32. The molecule has 0 bridgehead atoms. The Hall–Kier alpha value is -1.66. The summed E-state index contributed by atoms with van der Waals surface area (Å²) in [4.78, 5) is 24.1. The van der Waals surface area contributed by atoms with E-state index >= 15 is 0 Å². The summed E-state index contributed by atoms with van der Waals surface area (Å²) in [7, 11) is 0. The normalized spacial score (nSPS) is 10.3. The molecule has 2 aromatic rings. The topological polar surface area (TPSA) is 66.4 Å². The van der Waals surface area contributed by atoms with Gasteiger partial charge in [-0.3, -0.25) is 4.79 Å². The van der Waals surface area contributed by atoms with Gasteiger partial charge in [-0.1, -0.05) is 15.9 Å². The number of aromatic carboxylic acids is 1. The van der Waals surface area contributed by atoms with E-state index in [4.69, 9.17) is 5.11 Å². The average molecular weight is 354 g/mol. The number of aryl methyl sites for hydroxylation is 2. The molecule has 0 fully saturated rings. The number of rotatable bonds is 3. The zero-order valence-corrected chi connectivity index (χ0v) is 13.3. The Labute approximate surface area is 128 Å². The number of carboxylic acid groups (broad SMARTS) is 1. The van der Waals surface area contributed by atoms with E-state index in [0.717, 1.165) is 14.9 Å². The van der Waals surface area contributed by atoms with Gasteiger partial charge in [-0.2, -0.15) is 0 Å². The van der Waals surface area contributed by atoms with Crippen LogP contribution in [0.2, 0.25) is 0 Å². The Bertz CT molecular complexity index is 673. The van der Waals surface area contributed by atoms with E-state index in [0.29, 0.717) is 10.6 Å². The molecular formula is C14H12BrNO3S. The predicted molar refractivity (Wildman–Crippen MR) is 82.8 cm³/mol. The van der Waals surface area contributed by atoms with E-state index in [-0.39, 0.29) is 11.5 Å². The van der Waals surface area contributed by atoms with Gasteiger partial charge in [0.1, 0.15) is 5.00 Å². The average Bonchev–Trinajstić information content (AvgIpc) is 2.69. The molecule has 1 aromatic carbocycles. The SMILES string of the molecule is Cc1cc(Br)cc(C(=O)Nc2sc(C)cc2C(=O)O)c1. The molecule has 0 saturated carbocycles. The molecule has 2 rings (SSSR count). The number of carbonyl (C=O) groups excluding carboxylic acids is 1. The van der Waals surface area contributed by atoms with Crippen LogP contribution in [-0.4, -0.2) is 17.0 Å². The van der Waals surface area contributed by atoms with Crippen molar-refractivity contribution in [3.8, 4) is 0 Å². The van der Waals surface area contributed by atoms with Crippen molar-refractivity contribution >= 4 is 44.1 Å². The lowest BCUT2D eigenvalue weighted by atomic mass is 10.1. The van der Waals surface area contributed by atoms with Gasteiger partial charge in [0.25, 0.3) is 5.91 Å². The van der Waals surface area contributed by atoms with Crippen molar-refractivity contribution in [3.05, 3.63) is 50.3 Å². The van der Waals surface area contributed by atoms with Gasteiger partial charge in [0.2, 0.25) is 0 Å². The van der Waals surface area contributed by atoms with Crippen LogP contribution in [0.1, 0.15) is 31.2 Å². The molecule has 4 nitrogen and oxygen atoms in total. The van der Waals surface area contributed by atoms with Gasteiger partial charge in [-0.15, -0.1) is 11.3 Å². The van der Waals surface area contributed by atoms with Crippen LogP contribution in [0, 0.1) is 13.8 Å². The molecule has 104 valence electrons. The van der Waals surface area contributed by atoms with Crippen molar-refractivity contribution < 1.29 is 14.7 Å². The lowest BCUT2D eigenvalue weighted by Gasteiger charge is -2.06. The van der Waals surface area contributed by atoms with E-state index in [9.17, 15) is 9.59 Å². The highest BCUT2D eigenvalue weighted by atomic mass is 79.9. The zero-order valence-electron chi connectivity index (χ0n) is 10.9. The molecule has 1 aromatic heterocycles. The van der Waals surface area contributed by atoms with E-state index in [2.05, 4.69) is 21.2 Å². The third kappa shape index (κ3) is 3.26. The highest BCUT2D eigenvalue weighted by Crippen LogP contribution is 2.28.